The summed E-state index contributed by atoms with van der Waals surface area (Å²) >= 11 is 5.08. The summed E-state index contributed by atoms with van der Waals surface area (Å²) in [5.41, 5.74) is -1.36. The molecule has 0 unspecified atom stereocenters. The summed E-state index contributed by atoms with van der Waals surface area (Å²) in [5, 5.41) is 2.26. The van der Waals surface area contributed by atoms with E-state index in [4.69, 9.17) is 11.6 Å². The molecule has 1 heterocycles. The Morgan fingerprint density at radius 1 is 1.64 bits per heavy atom. The third kappa shape index (κ3) is 2.06. The molecule has 1 rings (SSSR count). The number of aromatic nitrogens is 2. The molecule has 0 fully saturated rings. The van der Waals surface area contributed by atoms with Gasteiger partial charge in [0.2, 0.25) is 0 Å². The molecular formula is C7H6ClF3N2O. The van der Waals surface area contributed by atoms with Gasteiger partial charge in [0.1, 0.15) is 5.69 Å². The van der Waals surface area contributed by atoms with Crippen LogP contribution in [-0.2, 0) is 12.7 Å². The summed E-state index contributed by atoms with van der Waals surface area (Å²) < 4.78 is 37.4. The minimum absolute atomic E-state index is 0.157. The number of nitrogens with zero attached hydrogens (tertiary/aromatic N) is 2. The second kappa shape index (κ2) is 3.61. The van der Waals surface area contributed by atoms with E-state index in [1.54, 1.807) is 6.92 Å². The van der Waals surface area contributed by atoms with E-state index in [9.17, 15) is 18.0 Å². The second-order valence-electron chi connectivity index (χ2n) is 2.50. The Labute approximate surface area is 82.5 Å². The Hall–Kier alpha value is -1.04. The number of hydrogen-bond donors (Lipinski definition) is 0. The quantitative estimate of drug-likeness (QED) is 0.726. The molecule has 0 amide bonds. The van der Waals surface area contributed by atoms with Gasteiger partial charge < -0.3 is 0 Å². The molecule has 7 heteroatoms. The summed E-state index contributed by atoms with van der Waals surface area (Å²) in [6.07, 6.45) is -4.55. The first kappa shape index (κ1) is 11.0. The summed E-state index contributed by atoms with van der Waals surface area (Å²) in [6.45, 7) is 1.72. The van der Waals surface area contributed by atoms with Crippen LogP contribution < -0.4 is 0 Å². The first-order valence-electron chi connectivity index (χ1n) is 3.71. The summed E-state index contributed by atoms with van der Waals surface area (Å²) in [6, 6.07) is 0.638. The third-order valence-electron chi connectivity index (χ3n) is 1.57. The molecule has 0 saturated heterocycles. The van der Waals surface area contributed by atoms with Crippen molar-refractivity contribution in [1.82, 2.24) is 9.78 Å². The SMILES string of the molecule is CCn1nc(C(F)(F)F)cc1C(=O)Cl. The van der Waals surface area contributed by atoms with E-state index in [-0.39, 0.29) is 12.2 Å². The van der Waals surface area contributed by atoms with E-state index in [2.05, 4.69) is 5.10 Å². The molecular weight excluding hydrogens is 221 g/mol. The zero-order valence-corrected chi connectivity index (χ0v) is 7.85. The lowest BCUT2D eigenvalue weighted by Crippen LogP contribution is -2.08. The minimum atomic E-state index is -4.55. The van der Waals surface area contributed by atoms with Crippen LogP contribution in [0.2, 0.25) is 0 Å². The molecule has 0 aromatic carbocycles. The lowest BCUT2D eigenvalue weighted by Gasteiger charge is -2.00. The fourth-order valence-electron chi connectivity index (χ4n) is 0.955. The van der Waals surface area contributed by atoms with Gasteiger partial charge in [0.25, 0.3) is 5.24 Å². The number of halogens is 4. The minimum Gasteiger partial charge on any atom is -0.274 e. The smallest absolute Gasteiger partial charge is 0.274 e. The van der Waals surface area contributed by atoms with Gasteiger partial charge in [-0.3, -0.25) is 9.48 Å². The Kier molecular flexibility index (Phi) is 2.84. The van der Waals surface area contributed by atoms with E-state index in [1.165, 1.54) is 0 Å². The van der Waals surface area contributed by atoms with Gasteiger partial charge in [0.05, 0.1) is 0 Å². The molecule has 0 N–H and O–H groups in total. The fraction of sp³-hybridized carbons (Fsp3) is 0.429. The molecule has 0 saturated carbocycles. The van der Waals surface area contributed by atoms with Crippen LogP contribution in [0.1, 0.15) is 23.1 Å². The highest BCUT2D eigenvalue weighted by molar-refractivity contribution is 6.67. The van der Waals surface area contributed by atoms with Crippen molar-refractivity contribution in [3.63, 3.8) is 0 Å². The molecule has 0 aliphatic rings. The maximum Gasteiger partial charge on any atom is 0.435 e. The van der Waals surface area contributed by atoms with Crippen LogP contribution in [0.5, 0.6) is 0 Å². The standard InChI is InChI=1S/C7H6ClF3N2O/c1-2-13-4(6(8)14)3-5(12-13)7(9,10)11/h3H,2H2,1H3. The summed E-state index contributed by atoms with van der Waals surface area (Å²) in [7, 11) is 0. The van der Waals surface area contributed by atoms with Gasteiger partial charge in [-0.15, -0.1) is 0 Å². The molecule has 78 valence electrons. The molecule has 0 spiro atoms. The second-order valence-corrected chi connectivity index (χ2v) is 2.85. The Morgan fingerprint density at radius 3 is 2.50 bits per heavy atom. The first-order valence-corrected chi connectivity index (χ1v) is 4.09. The Morgan fingerprint density at radius 2 is 2.21 bits per heavy atom. The number of rotatable bonds is 2. The van der Waals surface area contributed by atoms with Crippen LogP contribution >= 0.6 is 11.6 Å². The zero-order chi connectivity index (χ0) is 10.9. The molecule has 3 nitrogen and oxygen atoms in total. The molecule has 0 radical (unpaired) electrons. The largest absolute Gasteiger partial charge is 0.435 e. The number of carbonyl (C=O) groups excluding carboxylic acids is 1. The maximum absolute atomic E-state index is 12.2. The van der Waals surface area contributed by atoms with Gasteiger partial charge in [-0.05, 0) is 18.5 Å². The van der Waals surface area contributed by atoms with Crippen molar-refractivity contribution in [1.29, 1.82) is 0 Å². The van der Waals surface area contributed by atoms with Crippen LogP contribution in [0.4, 0.5) is 13.2 Å². The van der Waals surface area contributed by atoms with Gasteiger partial charge in [0.15, 0.2) is 5.69 Å². The first-order chi connectivity index (χ1) is 6.36. The Balaban J connectivity index is 3.20. The van der Waals surface area contributed by atoms with Crippen molar-refractivity contribution in [2.75, 3.05) is 0 Å². The highest BCUT2D eigenvalue weighted by Crippen LogP contribution is 2.28. The van der Waals surface area contributed by atoms with Crippen molar-refractivity contribution in [3.8, 4) is 0 Å². The summed E-state index contributed by atoms with van der Waals surface area (Å²) in [4.78, 5) is 10.7. The van der Waals surface area contributed by atoms with Crippen LogP contribution in [0.25, 0.3) is 0 Å². The van der Waals surface area contributed by atoms with Crippen LogP contribution in [0, 0.1) is 0 Å². The highest BCUT2D eigenvalue weighted by atomic mass is 35.5. The van der Waals surface area contributed by atoms with E-state index < -0.39 is 17.1 Å². The molecule has 1 aromatic rings. The fourth-order valence-corrected chi connectivity index (χ4v) is 1.11. The number of hydrogen-bond acceptors (Lipinski definition) is 2. The van der Waals surface area contributed by atoms with Gasteiger partial charge in [-0.2, -0.15) is 18.3 Å². The van der Waals surface area contributed by atoms with Gasteiger partial charge >= 0.3 is 6.18 Å². The lowest BCUT2D eigenvalue weighted by molar-refractivity contribution is -0.141. The van der Waals surface area contributed by atoms with E-state index in [0.717, 1.165) is 4.68 Å². The molecule has 0 aliphatic carbocycles. The normalized spacial score (nSPS) is 11.8. The van der Waals surface area contributed by atoms with Crippen molar-refractivity contribution in [2.24, 2.45) is 0 Å². The topological polar surface area (TPSA) is 34.9 Å². The molecule has 14 heavy (non-hydrogen) atoms. The van der Waals surface area contributed by atoms with Crippen molar-refractivity contribution in [3.05, 3.63) is 17.5 Å². The van der Waals surface area contributed by atoms with E-state index in [1.807, 2.05) is 0 Å². The maximum atomic E-state index is 12.2. The van der Waals surface area contributed by atoms with Crippen LogP contribution in [-0.4, -0.2) is 15.0 Å². The lowest BCUT2D eigenvalue weighted by atomic mass is 10.3. The van der Waals surface area contributed by atoms with Crippen LogP contribution in [0.3, 0.4) is 0 Å². The van der Waals surface area contributed by atoms with Crippen LogP contribution in [0.15, 0.2) is 6.07 Å². The van der Waals surface area contributed by atoms with Crippen molar-refractivity contribution in [2.45, 2.75) is 19.6 Å². The van der Waals surface area contributed by atoms with Gasteiger partial charge in [0, 0.05) is 12.6 Å². The molecule has 0 aliphatic heterocycles. The van der Waals surface area contributed by atoms with Gasteiger partial charge in [-0.25, -0.2) is 0 Å². The number of alkyl halides is 3. The van der Waals surface area contributed by atoms with E-state index in [0.29, 0.717) is 6.07 Å². The molecule has 0 bridgehead atoms. The average molecular weight is 227 g/mol. The van der Waals surface area contributed by atoms with Crippen molar-refractivity contribution >= 4 is 16.8 Å². The predicted octanol–water partition coefficient (Wildman–Crippen LogP) is 2.30. The molecule has 1 aromatic heterocycles. The Bertz CT molecular complexity index is 358. The van der Waals surface area contributed by atoms with E-state index >= 15 is 0 Å². The third-order valence-corrected chi connectivity index (χ3v) is 1.76. The zero-order valence-electron chi connectivity index (χ0n) is 7.10. The number of aryl methyl sites for hydroxylation is 1. The van der Waals surface area contributed by atoms with Gasteiger partial charge in [-0.1, -0.05) is 0 Å². The van der Waals surface area contributed by atoms with Crippen molar-refractivity contribution < 1.29 is 18.0 Å². The monoisotopic (exact) mass is 226 g/mol. The molecule has 0 atom stereocenters. The summed E-state index contributed by atoms with van der Waals surface area (Å²) in [5.74, 6) is 0. The number of carbonyl (C=O) groups is 1. The highest BCUT2D eigenvalue weighted by Gasteiger charge is 2.35. The predicted molar refractivity (Wildman–Crippen MR) is 43.1 cm³/mol. The average Bonchev–Trinajstić information content (AvgIpc) is 2.45.